The first-order valence-corrected chi connectivity index (χ1v) is 5.53. The van der Waals surface area contributed by atoms with Crippen molar-refractivity contribution in [3.8, 4) is 0 Å². The normalized spacial score (nSPS) is 10.5. The topological polar surface area (TPSA) is 17.8 Å². The Bertz CT molecular complexity index is 409. The molecule has 0 aliphatic carbocycles. The highest BCUT2D eigenvalue weighted by molar-refractivity contribution is 6.17. The predicted octanol–water partition coefficient (Wildman–Crippen LogP) is 2.86. The molecule has 0 N–H and O–H groups in total. The largest absolute Gasteiger partial charge is 0.272 e. The molecule has 1 aromatic carbocycles. The Labute approximate surface area is 94.5 Å². The zero-order chi connectivity index (χ0) is 10.5. The van der Waals surface area contributed by atoms with E-state index in [1.54, 1.807) is 0 Å². The minimum absolute atomic E-state index is 0.533. The molecule has 78 valence electrons. The lowest BCUT2D eigenvalue weighted by molar-refractivity contribution is 0.614. The summed E-state index contributed by atoms with van der Waals surface area (Å²) in [6.45, 7) is 0.904. The van der Waals surface area contributed by atoms with Gasteiger partial charge in [0.25, 0.3) is 0 Å². The van der Waals surface area contributed by atoms with Gasteiger partial charge >= 0.3 is 0 Å². The van der Waals surface area contributed by atoms with E-state index >= 15 is 0 Å². The molecule has 0 aliphatic rings. The first-order chi connectivity index (χ1) is 7.38. The second kappa shape index (κ2) is 4.99. The molecule has 0 unspecified atom stereocenters. The maximum Gasteiger partial charge on any atom is 0.0533 e. The monoisotopic (exact) mass is 220 g/mol. The zero-order valence-corrected chi connectivity index (χ0v) is 9.19. The van der Waals surface area contributed by atoms with Crippen LogP contribution >= 0.6 is 11.6 Å². The van der Waals surface area contributed by atoms with Gasteiger partial charge in [0.05, 0.1) is 12.1 Å². The zero-order valence-electron chi connectivity index (χ0n) is 8.44. The summed E-state index contributed by atoms with van der Waals surface area (Å²) in [5, 5.41) is 4.23. The van der Waals surface area contributed by atoms with E-state index in [1.807, 2.05) is 23.1 Å². The number of rotatable bonds is 4. The summed E-state index contributed by atoms with van der Waals surface area (Å²) in [5.74, 6) is 0.533. The van der Waals surface area contributed by atoms with Gasteiger partial charge in [0.1, 0.15) is 0 Å². The third-order valence-electron chi connectivity index (χ3n) is 2.31. The number of halogens is 1. The van der Waals surface area contributed by atoms with Gasteiger partial charge in [0, 0.05) is 18.3 Å². The highest BCUT2D eigenvalue weighted by atomic mass is 35.5. The molecule has 0 spiro atoms. The van der Waals surface area contributed by atoms with E-state index in [-0.39, 0.29) is 0 Å². The molecule has 0 atom stereocenters. The molecule has 15 heavy (non-hydrogen) atoms. The lowest BCUT2D eigenvalue weighted by Crippen LogP contribution is -2.01. The molecule has 0 bridgehead atoms. The van der Waals surface area contributed by atoms with Gasteiger partial charge < -0.3 is 0 Å². The Morgan fingerprint density at radius 1 is 1.13 bits per heavy atom. The lowest BCUT2D eigenvalue weighted by atomic mass is 10.1. The molecule has 0 aliphatic heterocycles. The number of benzene rings is 1. The highest BCUT2D eigenvalue weighted by Crippen LogP contribution is 2.04. The van der Waals surface area contributed by atoms with Crippen molar-refractivity contribution in [1.82, 2.24) is 9.78 Å². The maximum absolute atomic E-state index is 5.70. The van der Waals surface area contributed by atoms with Crippen molar-refractivity contribution in [2.75, 3.05) is 0 Å². The molecule has 2 aromatic rings. The Kier molecular flexibility index (Phi) is 3.41. The molecule has 1 aromatic heterocycles. The van der Waals surface area contributed by atoms with E-state index in [1.165, 1.54) is 5.56 Å². The van der Waals surface area contributed by atoms with Crippen molar-refractivity contribution in [3.63, 3.8) is 0 Å². The fraction of sp³-hybridized carbons (Fsp3) is 0.250. The van der Waals surface area contributed by atoms with Gasteiger partial charge in [-0.3, -0.25) is 4.68 Å². The van der Waals surface area contributed by atoms with E-state index < -0.39 is 0 Å². The van der Waals surface area contributed by atoms with Crippen LogP contribution in [0.1, 0.15) is 11.1 Å². The van der Waals surface area contributed by atoms with Gasteiger partial charge in [0.2, 0.25) is 0 Å². The minimum atomic E-state index is 0.533. The van der Waals surface area contributed by atoms with Gasteiger partial charge in [0.15, 0.2) is 0 Å². The summed E-state index contributed by atoms with van der Waals surface area (Å²) in [4.78, 5) is 0. The van der Waals surface area contributed by atoms with Gasteiger partial charge in [-0.05, 0) is 12.0 Å². The standard InChI is InChI=1S/C12H13ClN2/c13-8-12-9-14-15(10-12)7-6-11-4-2-1-3-5-11/h1-5,9-10H,6-8H2. The molecule has 0 saturated heterocycles. The molecule has 3 heteroatoms. The van der Waals surface area contributed by atoms with Crippen LogP contribution in [-0.2, 0) is 18.8 Å². The Morgan fingerprint density at radius 2 is 1.93 bits per heavy atom. The van der Waals surface area contributed by atoms with Gasteiger partial charge in [-0.15, -0.1) is 11.6 Å². The van der Waals surface area contributed by atoms with Crippen LogP contribution < -0.4 is 0 Å². The van der Waals surface area contributed by atoms with Crippen LogP contribution in [0.5, 0.6) is 0 Å². The third kappa shape index (κ3) is 2.83. The fourth-order valence-electron chi connectivity index (χ4n) is 1.49. The van der Waals surface area contributed by atoms with Gasteiger partial charge in [-0.2, -0.15) is 5.10 Å². The van der Waals surface area contributed by atoms with E-state index in [0.29, 0.717) is 5.88 Å². The molecular formula is C12H13ClN2. The number of nitrogens with zero attached hydrogens (tertiary/aromatic N) is 2. The van der Waals surface area contributed by atoms with E-state index in [0.717, 1.165) is 18.5 Å². The van der Waals surface area contributed by atoms with Crippen LogP contribution in [0.2, 0.25) is 0 Å². The second-order valence-electron chi connectivity index (χ2n) is 3.48. The van der Waals surface area contributed by atoms with E-state index in [2.05, 4.69) is 29.4 Å². The molecule has 1 heterocycles. The van der Waals surface area contributed by atoms with Crippen molar-refractivity contribution in [1.29, 1.82) is 0 Å². The van der Waals surface area contributed by atoms with Crippen molar-refractivity contribution in [2.45, 2.75) is 18.8 Å². The van der Waals surface area contributed by atoms with Crippen LogP contribution in [0.3, 0.4) is 0 Å². The Morgan fingerprint density at radius 3 is 2.60 bits per heavy atom. The number of hydrogen-bond acceptors (Lipinski definition) is 1. The Hall–Kier alpha value is -1.28. The average molecular weight is 221 g/mol. The molecular weight excluding hydrogens is 208 g/mol. The van der Waals surface area contributed by atoms with Gasteiger partial charge in [-0.25, -0.2) is 0 Å². The molecule has 0 amide bonds. The lowest BCUT2D eigenvalue weighted by Gasteiger charge is -2.01. The minimum Gasteiger partial charge on any atom is -0.272 e. The average Bonchev–Trinajstić information content (AvgIpc) is 2.76. The summed E-state index contributed by atoms with van der Waals surface area (Å²) in [6.07, 6.45) is 4.82. The van der Waals surface area contributed by atoms with E-state index in [9.17, 15) is 0 Å². The van der Waals surface area contributed by atoms with Gasteiger partial charge in [-0.1, -0.05) is 30.3 Å². The van der Waals surface area contributed by atoms with Crippen LogP contribution in [0.15, 0.2) is 42.7 Å². The molecule has 2 rings (SSSR count). The maximum atomic E-state index is 5.70. The van der Waals surface area contributed by atoms with Crippen molar-refractivity contribution >= 4 is 11.6 Å². The number of aromatic nitrogens is 2. The predicted molar refractivity (Wildman–Crippen MR) is 61.9 cm³/mol. The molecule has 0 fully saturated rings. The summed E-state index contributed by atoms with van der Waals surface area (Å²) in [6, 6.07) is 10.4. The first kappa shape index (κ1) is 10.2. The fourth-order valence-corrected chi connectivity index (χ4v) is 1.62. The number of alkyl halides is 1. The smallest absolute Gasteiger partial charge is 0.0533 e. The summed E-state index contributed by atoms with van der Waals surface area (Å²) < 4.78 is 1.94. The van der Waals surface area contributed by atoms with Crippen LogP contribution in [-0.4, -0.2) is 9.78 Å². The third-order valence-corrected chi connectivity index (χ3v) is 2.62. The van der Waals surface area contributed by atoms with Crippen LogP contribution in [0.4, 0.5) is 0 Å². The number of aryl methyl sites for hydroxylation is 2. The summed E-state index contributed by atoms with van der Waals surface area (Å²) in [5.41, 5.74) is 2.41. The van der Waals surface area contributed by atoms with E-state index in [4.69, 9.17) is 11.6 Å². The quantitative estimate of drug-likeness (QED) is 0.725. The van der Waals surface area contributed by atoms with Crippen LogP contribution in [0.25, 0.3) is 0 Å². The number of hydrogen-bond donors (Lipinski definition) is 0. The second-order valence-corrected chi connectivity index (χ2v) is 3.75. The summed E-state index contributed by atoms with van der Waals surface area (Å²) >= 11 is 5.70. The van der Waals surface area contributed by atoms with Crippen LogP contribution in [0, 0.1) is 0 Å². The van der Waals surface area contributed by atoms with Crippen molar-refractivity contribution < 1.29 is 0 Å². The van der Waals surface area contributed by atoms with Crippen molar-refractivity contribution in [3.05, 3.63) is 53.9 Å². The summed E-state index contributed by atoms with van der Waals surface area (Å²) in [7, 11) is 0. The van der Waals surface area contributed by atoms with Crippen molar-refractivity contribution in [2.24, 2.45) is 0 Å². The first-order valence-electron chi connectivity index (χ1n) is 5.00. The molecule has 2 nitrogen and oxygen atoms in total. The highest BCUT2D eigenvalue weighted by Gasteiger charge is 1.97. The molecule has 0 radical (unpaired) electrons. The SMILES string of the molecule is ClCc1cnn(CCc2ccccc2)c1. The molecule has 0 saturated carbocycles. The Balaban J connectivity index is 1.93.